The van der Waals surface area contributed by atoms with Crippen molar-refractivity contribution >= 4 is 29.1 Å². The summed E-state index contributed by atoms with van der Waals surface area (Å²) in [5.74, 6) is -0.919. The first-order valence-corrected chi connectivity index (χ1v) is 11.4. The van der Waals surface area contributed by atoms with Gasteiger partial charge in [-0.3, -0.25) is 14.6 Å². The van der Waals surface area contributed by atoms with Crippen molar-refractivity contribution in [3.63, 3.8) is 0 Å². The Balaban J connectivity index is 1.81. The Kier molecular flexibility index (Phi) is 6.98. The van der Waals surface area contributed by atoms with Crippen LogP contribution in [0, 0.1) is 6.92 Å². The van der Waals surface area contributed by atoms with Crippen molar-refractivity contribution in [2.24, 2.45) is 0 Å². The van der Waals surface area contributed by atoms with E-state index >= 15 is 0 Å². The highest BCUT2D eigenvalue weighted by Crippen LogP contribution is 2.41. The average Bonchev–Trinajstić information content (AvgIpc) is 3.09. The van der Waals surface area contributed by atoms with Gasteiger partial charge in [0.15, 0.2) is 0 Å². The number of nitrogens with zero attached hydrogens (tertiary/aromatic N) is 2. The van der Waals surface area contributed by atoms with Gasteiger partial charge in [0.1, 0.15) is 11.5 Å². The molecule has 34 heavy (non-hydrogen) atoms. The van der Waals surface area contributed by atoms with Crippen molar-refractivity contribution in [2.75, 3.05) is 6.61 Å². The van der Waals surface area contributed by atoms with E-state index in [9.17, 15) is 14.7 Å². The number of Topliss-reactive ketones (excluding diaryl/α,β-unsaturated/α-hetero) is 1. The van der Waals surface area contributed by atoms with Crippen molar-refractivity contribution in [3.05, 3.63) is 99.8 Å². The zero-order chi connectivity index (χ0) is 24.2. The third-order valence-corrected chi connectivity index (χ3v) is 5.96. The molecule has 0 bridgehead atoms. The average molecular weight is 477 g/mol. The van der Waals surface area contributed by atoms with Crippen LogP contribution in [0.1, 0.15) is 41.6 Å². The molecule has 0 saturated carbocycles. The molecule has 1 aliphatic heterocycles. The Labute approximate surface area is 203 Å². The van der Waals surface area contributed by atoms with E-state index in [4.69, 9.17) is 16.3 Å². The van der Waals surface area contributed by atoms with Gasteiger partial charge in [-0.2, -0.15) is 0 Å². The van der Waals surface area contributed by atoms with Gasteiger partial charge in [0.05, 0.1) is 18.2 Å². The number of hydrogen-bond donors (Lipinski definition) is 1. The molecule has 7 heteroatoms. The molecule has 3 aromatic rings. The molecule has 1 aliphatic rings. The minimum absolute atomic E-state index is 0.0397. The number of hydrogen-bond acceptors (Lipinski definition) is 5. The van der Waals surface area contributed by atoms with Gasteiger partial charge in [0.2, 0.25) is 0 Å². The van der Waals surface area contributed by atoms with E-state index in [2.05, 4.69) is 4.98 Å². The van der Waals surface area contributed by atoms with Gasteiger partial charge in [-0.15, -0.1) is 0 Å². The molecule has 2 heterocycles. The number of ether oxygens (including phenoxy) is 1. The summed E-state index contributed by atoms with van der Waals surface area (Å²) in [6, 6.07) is 15.0. The van der Waals surface area contributed by atoms with E-state index in [1.165, 1.54) is 4.90 Å². The molecular formula is C27H25ClN2O4. The number of carbonyl (C=O) groups excluding carboxylic acids is 2. The zero-order valence-electron chi connectivity index (χ0n) is 19.0. The summed E-state index contributed by atoms with van der Waals surface area (Å²) >= 11 is 6.08. The topological polar surface area (TPSA) is 79.7 Å². The van der Waals surface area contributed by atoms with E-state index in [-0.39, 0.29) is 17.9 Å². The number of aliphatic hydroxyl groups excluding tert-OH is 1. The maximum atomic E-state index is 13.2. The second kappa shape index (κ2) is 10.1. The van der Waals surface area contributed by atoms with Crippen LogP contribution in [0.25, 0.3) is 5.76 Å². The zero-order valence-corrected chi connectivity index (χ0v) is 19.7. The quantitative estimate of drug-likeness (QED) is 0.278. The summed E-state index contributed by atoms with van der Waals surface area (Å²) in [6.45, 7) is 4.66. The molecule has 0 unspecified atom stereocenters. The maximum Gasteiger partial charge on any atom is 0.295 e. The summed E-state index contributed by atoms with van der Waals surface area (Å²) in [6.07, 6.45) is 4.17. The van der Waals surface area contributed by atoms with E-state index < -0.39 is 17.7 Å². The van der Waals surface area contributed by atoms with Gasteiger partial charge in [-0.1, -0.05) is 36.7 Å². The molecule has 1 fully saturated rings. The summed E-state index contributed by atoms with van der Waals surface area (Å²) in [5.41, 5.74) is 2.76. The number of likely N-dealkylation sites (tertiary alicyclic amines) is 1. The standard InChI is InChI=1S/C27H25ClN2O4/c1-3-13-34-22-11-8-20(14-17(22)2)25(31)23-24(19-6-9-21(28)10-7-19)30(27(33)26(23)32)16-18-5-4-12-29-15-18/h4-12,14-15,24,31H,3,13,16H2,1-2H3/t24-/m0/s1. The largest absolute Gasteiger partial charge is 0.507 e. The molecule has 6 nitrogen and oxygen atoms in total. The lowest BCUT2D eigenvalue weighted by Gasteiger charge is -2.25. The van der Waals surface area contributed by atoms with Gasteiger partial charge in [-0.25, -0.2) is 0 Å². The number of aromatic nitrogens is 1. The predicted molar refractivity (Wildman–Crippen MR) is 131 cm³/mol. The molecule has 1 aromatic heterocycles. The fourth-order valence-corrected chi connectivity index (χ4v) is 4.18. The first kappa shape index (κ1) is 23.5. The van der Waals surface area contributed by atoms with Crippen molar-refractivity contribution < 1.29 is 19.4 Å². The molecule has 1 saturated heterocycles. The Bertz CT molecular complexity index is 1240. The highest BCUT2D eigenvalue weighted by atomic mass is 35.5. The van der Waals surface area contributed by atoms with E-state index in [1.807, 2.05) is 19.9 Å². The van der Waals surface area contributed by atoms with Crippen LogP contribution in [0.4, 0.5) is 0 Å². The van der Waals surface area contributed by atoms with Crippen LogP contribution in [-0.4, -0.2) is 33.3 Å². The molecule has 174 valence electrons. The van der Waals surface area contributed by atoms with Crippen LogP contribution in [-0.2, 0) is 16.1 Å². The van der Waals surface area contributed by atoms with Gasteiger partial charge >= 0.3 is 0 Å². The number of rotatable bonds is 7. The molecule has 1 atom stereocenters. The Hall–Kier alpha value is -3.64. The second-order valence-corrected chi connectivity index (χ2v) is 8.60. The van der Waals surface area contributed by atoms with Crippen LogP contribution in [0.3, 0.4) is 0 Å². The predicted octanol–water partition coefficient (Wildman–Crippen LogP) is 5.45. The summed E-state index contributed by atoms with van der Waals surface area (Å²) in [4.78, 5) is 31.9. The molecule has 0 aliphatic carbocycles. The van der Waals surface area contributed by atoms with E-state index in [1.54, 1.807) is 60.9 Å². The minimum atomic E-state index is -0.770. The number of halogens is 1. The molecular weight excluding hydrogens is 452 g/mol. The Morgan fingerprint density at radius 2 is 1.91 bits per heavy atom. The lowest BCUT2D eigenvalue weighted by atomic mass is 9.94. The van der Waals surface area contributed by atoms with Crippen molar-refractivity contribution in [1.82, 2.24) is 9.88 Å². The highest BCUT2D eigenvalue weighted by Gasteiger charge is 2.46. The lowest BCUT2D eigenvalue weighted by molar-refractivity contribution is -0.140. The molecule has 0 spiro atoms. The van der Waals surface area contributed by atoms with Gasteiger partial charge in [0, 0.05) is 29.5 Å². The van der Waals surface area contributed by atoms with Gasteiger partial charge < -0.3 is 14.7 Å². The highest BCUT2D eigenvalue weighted by molar-refractivity contribution is 6.46. The first-order valence-electron chi connectivity index (χ1n) is 11.1. The maximum absolute atomic E-state index is 13.2. The Morgan fingerprint density at radius 3 is 2.56 bits per heavy atom. The van der Waals surface area contributed by atoms with E-state index in [0.29, 0.717) is 28.5 Å². The number of pyridine rings is 1. The fraction of sp³-hybridized carbons (Fsp3) is 0.222. The number of aryl methyl sites for hydroxylation is 1. The molecule has 1 amide bonds. The fourth-order valence-electron chi connectivity index (χ4n) is 4.05. The minimum Gasteiger partial charge on any atom is -0.507 e. The normalized spacial score (nSPS) is 17.3. The van der Waals surface area contributed by atoms with Crippen molar-refractivity contribution in [1.29, 1.82) is 0 Å². The van der Waals surface area contributed by atoms with Crippen LogP contribution in [0.2, 0.25) is 5.02 Å². The molecule has 0 radical (unpaired) electrons. The number of amides is 1. The summed E-state index contributed by atoms with van der Waals surface area (Å²) < 4.78 is 5.72. The van der Waals surface area contributed by atoms with Crippen LogP contribution in [0.15, 0.2) is 72.6 Å². The lowest BCUT2D eigenvalue weighted by Crippen LogP contribution is -2.29. The Morgan fingerprint density at radius 1 is 1.15 bits per heavy atom. The number of benzene rings is 2. The van der Waals surface area contributed by atoms with E-state index in [0.717, 1.165) is 17.5 Å². The monoisotopic (exact) mass is 476 g/mol. The number of ketones is 1. The van der Waals surface area contributed by atoms with Crippen LogP contribution in [0.5, 0.6) is 5.75 Å². The molecule has 2 aromatic carbocycles. The van der Waals surface area contributed by atoms with Crippen LogP contribution < -0.4 is 4.74 Å². The van der Waals surface area contributed by atoms with Gasteiger partial charge in [-0.05, 0) is 66.4 Å². The summed E-state index contributed by atoms with van der Waals surface area (Å²) in [5, 5.41) is 11.8. The third-order valence-electron chi connectivity index (χ3n) is 5.71. The van der Waals surface area contributed by atoms with Crippen molar-refractivity contribution in [3.8, 4) is 5.75 Å². The van der Waals surface area contributed by atoms with Crippen molar-refractivity contribution in [2.45, 2.75) is 32.9 Å². The smallest absolute Gasteiger partial charge is 0.295 e. The van der Waals surface area contributed by atoms with Gasteiger partial charge in [0.25, 0.3) is 11.7 Å². The number of carbonyl (C=O) groups is 2. The third kappa shape index (κ3) is 4.68. The SMILES string of the molecule is CCCOc1ccc(C(O)=C2C(=O)C(=O)N(Cc3cccnc3)[C@H]2c2ccc(Cl)cc2)cc1C. The first-order chi connectivity index (χ1) is 16.4. The number of aliphatic hydroxyl groups is 1. The molecule has 1 N–H and O–H groups in total. The molecule has 4 rings (SSSR count). The van der Waals surface area contributed by atoms with Crippen LogP contribution >= 0.6 is 11.6 Å². The summed E-state index contributed by atoms with van der Waals surface area (Å²) in [7, 11) is 0. The second-order valence-electron chi connectivity index (χ2n) is 8.17.